The van der Waals surface area contributed by atoms with Crippen LogP contribution in [-0.2, 0) is 9.47 Å². The lowest BCUT2D eigenvalue weighted by Gasteiger charge is -2.58. The number of aliphatic hydroxyl groups excluding tert-OH is 4. The third-order valence-corrected chi connectivity index (χ3v) is 13.5. The van der Waals surface area contributed by atoms with Crippen LogP contribution in [0.1, 0.15) is 112 Å². The fourth-order valence-electron chi connectivity index (χ4n) is 10.8. The van der Waals surface area contributed by atoms with Gasteiger partial charge in [-0.2, -0.15) is 0 Å². The Morgan fingerprint density at radius 3 is 2.39 bits per heavy atom. The van der Waals surface area contributed by atoms with Crippen LogP contribution in [0.15, 0.2) is 11.6 Å². The molecule has 3 saturated carbocycles. The summed E-state index contributed by atoms with van der Waals surface area (Å²) in [7, 11) is 0. The summed E-state index contributed by atoms with van der Waals surface area (Å²) >= 11 is 0. The molecule has 1 saturated heterocycles. The van der Waals surface area contributed by atoms with Crippen molar-refractivity contribution in [2.45, 2.75) is 149 Å². The van der Waals surface area contributed by atoms with Crippen LogP contribution >= 0.6 is 0 Å². The predicted octanol–water partition coefficient (Wildman–Crippen LogP) is 5.85. The van der Waals surface area contributed by atoms with E-state index in [2.05, 4.69) is 47.6 Å². The molecule has 14 atom stereocenters. The highest BCUT2D eigenvalue weighted by molar-refractivity contribution is 5.25. The zero-order valence-electron chi connectivity index (χ0n) is 26.7. The van der Waals surface area contributed by atoms with Crippen LogP contribution in [0.5, 0.6) is 0 Å². The summed E-state index contributed by atoms with van der Waals surface area (Å²) in [5.41, 5.74) is 2.19. The van der Waals surface area contributed by atoms with Gasteiger partial charge in [0.15, 0.2) is 6.29 Å². The molecule has 5 rings (SSSR count). The first kappa shape index (κ1) is 31.9. The summed E-state index contributed by atoms with van der Waals surface area (Å²) in [5.74, 6) is 5.66. The Labute approximate surface area is 249 Å². The Bertz CT molecular complexity index is 918. The maximum absolute atomic E-state index is 10.5. The van der Waals surface area contributed by atoms with Crippen LogP contribution in [0.3, 0.4) is 0 Å². The first-order valence-corrected chi connectivity index (χ1v) is 17.1. The van der Waals surface area contributed by atoms with Crippen LogP contribution in [0, 0.1) is 52.3 Å². The van der Waals surface area contributed by atoms with Gasteiger partial charge in [-0.25, -0.2) is 0 Å². The number of hydrogen-bond acceptors (Lipinski definition) is 6. The molecule has 6 nitrogen and oxygen atoms in total. The highest BCUT2D eigenvalue weighted by Crippen LogP contribution is 2.67. The van der Waals surface area contributed by atoms with Gasteiger partial charge < -0.3 is 29.9 Å². The lowest BCUT2D eigenvalue weighted by Crippen LogP contribution is -2.60. The van der Waals surface area contributed by atoms with Crippen molar-refractivity contribution in [3.63, 3.8) is 0 Å². The first-order valence-electron chi connectivity index (χ1n) is 17.1. The minimum Gasteiger partial charge on any atom is -0.394 e. The largest absolute Gasteiger partial charge is 0.394 e. The molecule has 0 aromatic carbocycles. The van der Waals surface area contributed by atoms with Gasteiger partial charge in [-0.3, -0.25) is 0 Å². The molecule has 0 amide bonds. The molecule has 1 heterocycles. The van der Waals surface area contributed by atoms with Crippen LogP contribution in [0.4, 0.5) is 0 Å². The van der Waals surface area contributed by atoms with Gasteiger partial charge in [0.05, 0.1) is 12.7 Å². The van der Waals surface area contributed by atoms with Crippen molar-refractivity contribution in [1.29, 1.82) is 0 Å². The number of ether oxygens (including phenoxy) is 2. The molecule has 0 aromatic heterocycles. The standard InChI is InChI=1S/C35H60O6/c1-7-22(20(2)3)9-8-21(4)26-12-13-27-25-11-10-23-18-24(14-16-34(23,5)28(25)15-17-35(26,27)6)40-33-32(39)31(38)30(37)29(19-36)41-33/h10,20-22,24-33,36-39H,7-9,11-19H2,1-6H3/t21-,22-,24+,25+,26-,27+,28+,29?,30-,31?,32+,33-,34+,35-/m1/s1. The van der Waals surface area contributed by atoms with Gasteiger partial charge in [0.1, 0.15) is 24.4 Å². The molecule has 5 aliphatic rings. The quantitative estimate of drug-likeness (QED) is 0.257. The Morgan fingerprint density at radius 1 is 0.951 bits per heavy atom. The predicted molar refractivity (Wildman–Crippen MR) is 161 cm³/mol. The second-order valence-corrected chi connectivity index (χ2v) is 15.7. The van der Waals surface area contributed by atoms with Gasteiger partial charge in [0.25, 0.3) is 0 Å². The zero-order chi connectivity index (χ0) is 29.7. The molecule has 1 aliphatic heterocycles. The maximum Gasteiger partial charge on any atom is 0.186 e. The van der Waals surface area contributed by atoms with Crippen molar-refractivity contribution in [1.82, 2.24) is 0 Å². The molecule has 4 fully saturated rings. The molecule has 0 bridgehead atoms. The molecular formula is C35H60O6. The van der Waals surface area contributed by atoms with Gasteiger partial charge in [0.2, 0.25) is 0 Å². The molecule has 2 unspecified atom stereocenters. The lowest BCUT2D eigenvalue weighted by atomic mass is 9.47. The molecule has 6 heteroatoms. The van der Waals surface area contributed by atoms with E-state index in [1.165, 1.54) is 56.9 Å². The third kappa shape index (κ3) is 5.73. The summed E-state index contributed by atoms with van der Waals surface area (Å²) in [6, 6.07) is 0. The van der Waals surface area contributed by atoms with E-state index in [1.807, 2.05) is 0 Å². The number of fused-ring (bicyclic) bond motifs is 5. The summed E-state index contributed by atoms with van der Waals surface area (Å²) in [6.45, 7) is 14.5. The number of allylic oxidation sites excluding steroid dienone is 1. The van der Waals surface area contributed by atoms with Crippen molar-refractivity contribution in [3.8, 4) is 0 Å². The first-order chi connectivity index (χ1) is 19.4. The van der Waals surface area contributed by atoms with Crippen LogP contribution < -0.4 is 0 Å². The van der Waals surface area contributed by atoms with Crippen LogP contribution in [0.25, 0.3) is 0 Å². The molecule has 4 aliphatic carbocycles. The fourth-order valence-corrected chi connectivity index (χ4v) is 10.8. The smallest absolute Gasteiger partial charge is 0.186 e. The highest BCUT2D eigenvalue weighted by atomic mass is 16.7. The second-order valence-electron chi connectivity index (χ2n) is 15.7. The molecule has 41 heavy (non-hydrogen) atoms. The molecule has 4 N–H and O–H groups in total. The molecule has 0 radical (unpaired) electrons. The van der Waals surface area contributed by atoms with Crippen molar-refractivity contribution >= 4 is 0 Å². The SMILES string of the molecule is CC[C@H](CC[C@@H](C)[C@H]1CC[C@H]2[C@@H]3CC=C4C[C@@H](O[C@@H]5OC(CO)[C@@H](O)C(O)[C@@H]5O)CC[C@]4(C)[C@H]3CC[C@]12C)C(C)C. The van der Waals surface area contributed by atoms with E-state index < -0.39 is 37.3 Å². The lowest BCUT2D eigenvalue weighted by molar-refractivity contribution is -0.313. The summed E-state index contributed by atoms with van der Waals surface area (Å²) in [5, 5.41) is 40.4. The minimum atomic E-state index is -1.40. The van der Waals surface area contributed by atoms with Crippen molar-refractivity contribution in [2.24, 2.45) is 52.3 Å². The number of hydrogen-bond donors (Lipinski definition) is 4. The van der Waals surface area contributed by atoms with Gasteiger partial charge in [0, 0.05) is 0 Å². The Hall–Kier alpha value is -0.500. The topological polar surface area (TPSA) is 99.4 Å². The van der Waals surface area contributed by atoms with Crippen molar-refractivity contribution in [2.75, 3.05) is 6.61 Å². The van der Waals surface area contributed by atoms with E-state index >= 15 is 0 Å². The van der Waals surface area contributed by atoms with Gasteiger partial charge in [-0.05, 0) is 110 Å². The van der Waals surface area contributed by atoms with Crippen molar-refractivity contribution in [3.05, 3.63) is 11.6 Å². The molecule has 0 spiro atoms. The van der Waals surface area contributed by atoms with E-state index in [-0.39, 0.29) is 11.5 Å². The van der Waals surface area contributed by atoms with E-state index in [0.717, 1.165) is 60.7 Å². The molecule has 0 aromatic rings. The van der Waals surface area contributed by atoms with E-state index in [1.54, 1.807) is 0 Å². The molecule has 236 valence electrons. The highest BCUT2D eigenvalue weighted by Gasteiger charge is 2.59. The van der Waals surface area contributed by atoms with Crippen molar-refractivity contribution < 1.29 is 29.9 Å². The number of rotatable bonds is 9. The monoisotopic (exact) mass is 576 g/mol. The summed E-state index contributed by atoms with van der Waals surface area (Å²) in [6.07, 6.45) is 9.92. The Balaban J connectivity index is 1.24. The van der Waals surface area contributed by atoms with Gasteiger partial charge in [-0.1, -0.05) is 66.0 Å². The minimum absolute atomic E-state index is 0.101. The van der Waals surface area contributed by atoms with Crippen LogP contribution in [-0.4, -0.2) is 63.8 Å². The normalized spacial score (nSPS) is 47.7. The van der Waals surface area contributed by atoms with E-state index in [0.29, 0.717) is 5.41 Å². The second kappa shape index (κ2) is 12.5. The summed E-state index contributed by atoms with van der Waals surface area (Å²) in [4.78, 5) is 0. The molecular weight excluding hydrogens is 516 g/mol. The summed E-state index contributed by atoms with van der Waals surface area (Å²) < 4.78 is 11.9. The van der Waals surface area contributed by atoms with Gasteiger partial charge in [-0.15, -0.1) is 0 Å². The average Bonchev–Trinajstić information content (AvgIpc) is 3.30. The average molecular weight is 577 g/mol. The third-order valence-electron chi connectivity index (χ3n) is 13.5. The van der Waals surface area contributed by atoms with Gasteiger partial charge >= 0.3 is 0 Å². The Kier molecular flexibility index (Phi) is 9.71. The van der Waals surface area contributed by atoms with E-state index in [9.17, 15) is 20.4 Å². The fraction of sp³-hybridized carbons (Fsp3) is 0.943. The zero-order valence-corrected chi connectivity index (χ0v) is 26.7. The van der Waals surface area contributed by atoms with E-state index in [4.69, 9.17) is 9.47 Å². The maximum atomic E-state index is 10.5. The van der Waals surface area contributed by atoms with Crippen LogP contribution in [0.2, 0.25) is 0 Å². The Morgan fingerprint density at radius 2 is 1.71 bits per heavy atom. The number of aliphatic hydroxyl groups is 4.